The number of H-pyrrole nitrogens is 1. The van der Waals surface area contributed by atoms with Crippen LogP contribution in [-0.4, -0.2) is 40.5 Å². The van der Waals surface area contributed by atoms with E-state index in [9.17, 15) is 9.59 Å². The Morgan fingerprint density at radius 2 is 2.38 bits per heavy atom. The molecule has 2 N–H and O–H groups in total. The molecule has 3 rings (SSSR count). The Bertz CT molecular complexity index is 679. The van der Waals surface area contributed by atoms with Crippen LogP contribution in [0.15, 0.2) is 17.8 Å². The molecule has 1 aliphatic rings. The third-order valence-electron chi connectivity index (χ3n) is 3.34. The standard InChI is InChI=1S/C13H14N4O3S/c1-20-12(18)11-9(3-5-21-11)16-13(19)17-4-2-8-10(6-17)15-7-14-8/h3,5,7H,2,4,6H2,1H3,(H,14,15)(H,16,19). The minimum absolute atomic E-state index is 0.237. The van der Waals surface area contributed by atoms with Crippen LogP contribution in [0.25, 0.3) is 0 Å². The maximum Gasteiger partial charge on any atom is 0.350 e. The van der Waals surface area contributed by atoms with Gasteiger partial charge in [-0.25, -0.2) is 14.6 Å². The first kappa shape index (κ1) is 13.6. The minimum Gasteiger partial charge on any atom is -0.465 e. The maximum atomic E-state index is 12.3. The van der Waals surface area contributed by atoms with Gasteiger partial charge in [-0.1, -0.05) is 0 Å². The monoisotopic (exact) mass is 306 g/mol. The molecule has 0 bridgehead atoms. The molecule has 0 aliphatic carbocycles. The van der Waals surface area contributed by atoms with Gasteiger partial charge in [0.2, 0.25) is 0 Å². The fourth-order valence-corrected chi connectivity index (χ4v) is 3.00. The van der Waals surface area contributed by atoms with Crippen LogP contribution in [-0.2, 0) is 17.7 Å². The van der Waals surface area contributed by atoms with E-state index in [2.05, 4.69) is 15.3 Å². The average Bonchev–Trinajstić information content (AvgIpc) is 3.14. The van der Waals surface area contributed by atoms with Crippen LogP contribution in [0.2, 0.25) is 0 Å². The molecule has 2 aromatic heterocycles. The number of hydrogen-bond donors (Lipinski definition) is 2. The molecule has 1 aliphatic heterocycles. The molecule has 0 atom stereocenters. The molecule has 110 valence electrons. The van der Waals surface area contributed by atoms with Gasteiger partial charge in [0.25, 0.3) is 0 Å². The molecular formula is C13H14N4O3S. The maximum absolute atomic E-state index is 12.3. The highest BCUT2D eigenvalue weighted by molar-refractivity contribution is 7.12. The SMILES string of the molecule is COC(=O)c1sccc1NC(=O)N1CCc2nc[nH]c2C1. The number of fused-ring (bicyclic) bond motifs is 1. The van der Waals surface area contributed by atoms with Crippen LogP contribution < -0.4 is 5.32 Å². The second-order valence-corrected chi connectivity index (χ2v) is 5.50. The van der Waals surface area contributed by atoms with Gasteiger partial charge in [-0.15, -0.1) is 11.3 Å². The van der Waals surface area contributed by atoms with Gasteiger partial charge in [0, 0.05) is 13.0 Å². The van der Waals surface area contributed by atoms with Crippen LogP contribution in [0.5, 0.6) is 0 Å². The van der Waals surface area contributed by atoms with Crippen molar-refractivity contribution in [2.24, 2.45) is 0 Å². The number of aromatic amines is 1. The lowest BCUT2D eigenvalue weighted by Crippen LogP contribution is -2.39. The summed E-state index contributed by atoms with van der Waals surface area (Å²) in [5, 5.41) is 4.50. The van der Waals surface area contributed by atoms with E-state index in [1.807, 2.05) is 0 Å². The van der Waals surface area contributed by atoms with Crippen molar-refractivity contribution in [1.29, 1.82) is 0 Å². The molecule has 8 heteroatoms. The van der Waals surface area contributed by atoms with E-state index in [0.717, 1.165) is 17.8 Å². The number of anilines is 1. The summed E-state index contributed by atoms with van der Waals surface area (Å²) in [6.07, 6.45) is 2.36. The molecule has 0 saturated heterocycles. The van der Waals surface area contributed by atoms with Gasteiger partial charge in [0.15, 0.2) is 0 Å². The Hall–Kier alpha value is -2.35. The van der Waals surface area contributed by atoms with Crippen molar-refractivity contribution in [3.05, 3.63) is 34.0 Å². The molecule has 2 aromatic rings. The van der Waals surface area contributed by atoms with Crippen molar-refractivity contribution in [3.63, 3.8) is 0 Å². The molecule has 0 fully saturated rings. The fourth-order valence-electron chi connectivity index (χ4n) is 2.24. The van der Waals surface area contributed by atoms with Crippen molar-refractivity contribution in [2.75, 3.05) is 19.0 Å². The van der Waals surface area contributed by atoms with Crippen molar-refractivity contribution >= 4 is 29.0 Å². The number of ether oxygens (including phenoxy) is 1. The van der Waals surface area contributed by atoms with Crippen molar-refractivity contribution in [1.82, 2.24) is 14.9 Å². The second-order valence-electron chi connectivity index (χ2n) is 4.58. The first-order valence-corrected chi connectivity index (χ1v) is 7.30. The molecule has 0 unspecified atom stereocenters. The number of hydrogen-bond acceptors (Lipinski definition) is 5. The highest BCUT2D eigenvalue weighted by Crippen LogP contribution is 2.24. The van der Waals surface area contributed by atoms with Crippen molar-refractivity contribution < 1.29 is 14.3 Å². The van der Waals surface area contributed by atoms with Gasteiger partial charge in [-0.05, 0) is 11.4 Å². The number of nitrogens with one attached hydrogen (secondary N) is 2. The van der Waals surface area contributed by atoms with Crippen LogP contribution in [0.3, 0.4) is 0 Å². The zero-order valence-corrected chi connectivity index (χ0v) is 12.2. The summed E-state index contributed by atoms with van der Waals surface area (Å²) < 4.78 is 4.69. The number of aromatic nitrogens is 2. The van der Waals surface area contributed by atoms with E-state index < -0.39 is 5.97 Å². The van der Waals surface area contributed by atoms with Gasteiger partial charge in [-0.2, -0.15) is 0 Å². The zero-order chi connectivity index (χ0) is 14.8. The van der Waals surface area contributed by atoms with Gasteiger partial charge in [-0.3, -0.25) is 0 Å². The number of methoxy groups -OCH3 is 1. The van der Waals surface area contributed by atoms with Crippen molar-refractivity contribution in [3.8, 4) is 0 Å². The number of urea groups is 1. The van der Waals surface area contributed by atoms with E-state index in [4.69, 9.17) is 4.74 Å². The quantitative estimate of drug-likeness (QED) is 0.829. The zero-order valence-electron chi connectivity index (χ0n) is 11.4. The summed E-state index contributed by atoms with van der Waals surface area (Å²) in [5.41, 5.74) is 2.44. The van der Waals surface area contributed by atoms with Gasteiger partial charge in [0.05, 0.1) is 37.1 Å². The van der Waals surface area contributed by atoms with Gasteiger partial charge in [0.1, 0.15) is 4.88 Å². The third kappa shape index (κ3) is 2.62. The smallest absolute Gasteiger partial charge is 0.350 e. The summed E-state index contributed by atoms with van der Waals surface area (Å²) in [4.78, 5) is 33.2. The lowest BCUT2D eigenvalue weighted by Gasteiger charge is -2.26. The van der Waals surface area contributed by atoms with Crippen LogP contribution in [0.1, 0.15) is 21.1 Å². The lowest BCUT2D eigenvalue weighted by atomic mass is 10.1. The summed E-state index contributed by atoms with van der Waals surface area (Å²) in [7, 11) is 1.32. The highest BCUT2D eigenvalue weighted by atomic mass is 32.1. The lowest BCUT2D eigenvalue weighted by molar-refractivity contribution is 0.0607. The predicted octanol–water partition coefficient (Wildman–Crippen LogP) is 1.85. The van der Waals surface area contributed by atoms with E-state index in [-0.39, 0.29) is 6.03 Å². The molecule has 3 heterocycles. The number of imidazole rings is 1. The Labute approximate surface area is 124 Å². The van der Waals surface area contributed by atoms with Gasteiger partial charge < -0.3 is 19.9 Å². The number of amides is 2. The van der Waals surface area contributed by atoms with Crippen LogP contribution in [0, 0.1) is 0 Å². The number of thiophene rings is 1. The van der Waals surface area contributed by atoms with Crippen LogP contribution in [0.4, 0.5) is 10.5 Å². The molecule has 0 spiro atoms. The Kier molecular flexibility index (Phi) is 3.61. The highest BCUT2D eigenvalue weighted by Gasteiger charge is 2.24. The number of nitrogens with zero attached hydrogens (tertiary/aromatic N) is 2. The number of carbonyl (C=O) groups is 2. The Morgan fingerprint density at radius 3 is 3.19 bits per heavy atom. The molecule has 7 nitrogen and oxygen atoms in total. The summed E-state index contributed by atoms with van der Waals surface area (Å²) in [6.45, 7) is 1.08. The summed E-state index contributed by atoms with van der Waals surface area (Å²) in [6, 6.07) is 1.46. The largest absolute Gasteiger partial charge is 0.465 e. The molecule has 21 heavy (non-hydrogen) atoms. The van der Waals surface area contributed by atoms with E-state index >= 15 is 0 Å². The summed E-state index contributed by atoms with van der Waals surface area (Å²) >= 11 is 1.24. The topological polar surface area (TPSA) is 87.3 Å². The minimum atomic E-state index is -0.449. The predicted molar refractivity (Wildman–Crippen MR) is 77.4 cm³/mol. The number of esters is 1. The Morgan fingerprint density at radius 1 is 1.52 bits per heavy atom. The van der Waals surface area contributed by atoms with E-state index in [1.54, 1.807) is 22.7 Å². The van der Waals surface area contributed by atoms with Gasteiger partial charge >= 0.3 is 12.0 Å². The molecule has 0 radical (unpaired) electrons. The second kappa shape index (κ2) is 5.57. The first-order chi connectivity index (χ1) is 10.2. The van der Waals surface area contributed by atoms with E-state index in [1.165, 1.54) is 18.4 Å². The Balaban J connectivity index is 1.70. The normalized spacial score (nSPS) is 13.7. The molecule has 2 amide bonds. The third-order valence-corrected chi connectivity index (χ3v) is 4.23. The van der Waals surface area contributed by atoms with Crippen LogP contribution >= 0.6 is 11.3 Å². The number of rotatable bonds is 2. The average molecular weight is 306 g/mol. The first-order valence-electron chi connectivity index (χ1n) is 6.42. The molecular weight excluding hydrogens is 292 g/mol. The molecule has 0 saturated carbocycles. The fraction of sp³-hybridized carbons (Fsp3) is 0.308. The number of carbonyl (C=O) groups excluding carboxylic acids is 2. The molecule has 0 aromatic carbocycles. The van der Waals surface area contributed by atoms with E-state index in [0.29, 0.717) is 23.7 Å². The van der Waals surface area contributed by atoms with Crippen molar-refractivity contribution in [2.45, 2.75) is 13.0 Å². The summed E-state index contributed by atoms with van der Waals surface area (Å²) in [5.74, 6) is -0.449.